The molecule has 1 N–H and O–H groups in total. The topological polar surface area (TPSA) is 35.2 Å². The van der Waals surface area contributed by atoms with E-state index in [1.54, 1.807) is 18.2 Å². The van der Waals surface area contributed by atoms with Crippen molar-refractivity contribution in [3.05, 3.63) is 59.1 Å². The average Bonchev–Trinajstić information content (AvgIpc) is 3.02. The largest absolute Gasteiger partial charge is 0.361 e. The summed E-state index contributed by atoms with van der Waals surface area (Å²) < 4.78 is 13.5. The van der Waals surface area contributed by atoms with Gasteiger partial charge in [-0.2, -0.15) is 0 Å². The molecule has 1 aliphatic heterocycles. The summed E-state index contributed by atoms with van der Waals surface area (Å²) in [5.74, 6) is 0.759. The molecule has 0 amide bonds. The number of nitrogens with zero attached hydrogens (tertiary/aromatic N) is 3. The number of piperazine rings is 1. The molecular formula is C19H20ClFN4. The zero-order valence-electron chi connectivity index (χ0n) is 13.9. The molecule has 130 valence electrons. The van der Waals surface area contributed by atoms with E-state index in [1.807, 2.05) is 18.3 Å². The standard InChI is InChI=1S/C19H20ClFN4/c20-18-2-1-3-19(23-18)25-10-8-24(9-11-25)7-6-14-13-22-17-5-4-15(21)12-16(14)17/h1-5,12-13,22H,6-11H2. The summed E-state index contributed by atoms with van der Waals surface area (Å²) in [5.41, 5.74) is 2.17. The van der Waals surface area contributed by atoms with Gasteiger partial charge in [0.25, 0.3) is 0 Å². The maximum absolute atomic E-state index is 13.5. The van der Waals surface area contributed by atoms with Gasteiger partial charge in [-0.3, -0.25) is 4.90 Å². The van der Waals surface area contributed by atoms with Crippen LogP contribution in [0.2, 0.25) is 5.15 Å². The second-order valence-corrected chi connectivity index (χ2v) is 6.79. The molecule has 25 heavy (non-hydrogen) atoms. The molecule has 1 fully saturated rings. The molecule has 0 spiro atoms. The van der Waals surface area contributed by atoms with Gasteiger partial charge in [-0.1, -0.05) is 17.7 Å². The molecule has 0 atom stereocenters. The molecule has 0 aliphatic carbocycles. The number of benzene rings is 1. The highest BCUT2D eigenvalue weighted by molar-refractivity contribution is 6.29. The molecule has 0 saturated carbocycles. The van der Waals surface area contributed by atoms with Gasteiger partial charge < -0.3 is 9.88 Å². The van der Waals surface area contributed by atoms with Crippen molar-refractivity contribution < 1.29 is 4.39 Å². The summed E-state index contributed by atoms with van der Waals surface area (Å²) >= 11 is 5.98. The highest BCUT2D eigenvalue weighted by atomic mass is 35.5. The number of nitrogens with one attached hydrogen (secondary N) is 1. The van der Waals surface area contributed by atoms with Crippen molar-refractivity contribution in [2.45, 2.75) is 6.42 Å². The SMILES string of the molecule is Fc1ccc2[nH]cc(CCN3CCN(c4cccc(Cl)n4)CC3)c2c1. The quantitative estimate of drug-likeness (QED) is 0.722. The van der Waals surface area contributed by atoms with Gasteiger partial charge in [-0.25, -0.2) is 9.37 Å². The van der Waals surface area contributed by atoms with Crippen LogP contribution in [0, 0.1) is 5.82 Å². The lowest BCUT2D eigenvalue weighted by Gasteiger charge is -2.35. The minimum Gasteiger partial charge on any atom is -0.361 e. The monoisotopic (exact) mass is 358 g/mol. The fourth-order valence-corrected chi connectivity index (χ4v) is 3.57. The van der Waals surface area contributed by atoms with Crippen LogP contribution < -0.4 is 4.90 Å². The fourth-order valence-electron chi connectivity index (χ4n) is 3.41. The highest BCUT2D eigenvalue weighted by Gasteiger charge is 2.18. The number of pyridine rings is 1. The van der Waals surface area contributed by atoms with Crippen LogP contribution in [0.1, 0.15) is 5.56 Å². The fraction of sp³-hybridized carbons (Fsp3) is 0.316. The molecule has 4 rings (SSSR count). The molecule has 0 unspecified atom stereocenters. The van der Waals surface area contributed by atoms with Crippen molar-refractivity contribution in [3.8, 4) is 0 Å². The maximum Gasteiger partial charge on any atom is 0.131 e. The zero-order chi connectivity index (χ0) is 17.2. The molecule has 0 radical (unpaired) electrons. The van der Waals surface area contributed by atoms with Crippen LogP contribution in [-0.4, -0.2) is 47.6 Å². The van der Waals surface area contributed by atoms with E-state index < -0.39 is 0 Å². The van der Waals surface area contributed by atoms with Gasteiger partial charge >= 0.3 is 0 Å². The van der Waals surface area contributed by atoms with Gasteiger partial charge in [0.1, 0.15) is 16.8 Å². The zero-order valence-corrected chi connectivity index (χ0v) is 14.6. The van der Waals surface area contributed by atoms with Gasteiger partial charge in [-0.05, 0) is 42.3 Å². The van der Waals surface area contributed by atoms with E-state index in [1.165, 1.54) is 11.6 Å². The molecule has 3 aromatic rings. The Hall–Kier alpha value is -2.11. The number of H-pyrrole nitrogens is 1. The first-order chi connectivity index (χ1) is 12.2. The molecule has 6 heteroatoms. The second kappa shape index (κ2) is 7.02. The van der Waals surface area contributed by atoms with E-state index >= 15 is 0 Å². The van der Waals surface area contributed by atoms with Crippen LogP contribution in [0.25, 0.3) is 10.9 Å². The molecule has 0 bridgehead atoms. The maximum atomic E-state index is 13.5. The number of rotatable bonds is 4. The van der Waals surface area contributed by atoms with Gasteiger partial charge in [0.2, 0.25) is 0 Å². The lowest BCUT2D eigenvalue weighted by molar-refractivity contribution is 0.260. The Bertz CT molecular complexity index is 871. The van der Waals surface area contributed by atoms with E-state index in [4.69, 9.17) is 11.6 Å². The molecular weight excluding hydrogens is 339 g/mol. The summed E-state index contributed by atoms with van der Waals surface area (Å²) in [6.45, 7) is 4.84. The van der Waals surface area contributed by atoms with E-state index in [0.29, 0.717) is 5.15 Å². The Morgan fingerprint density at radius 1 is 1.12 bits per heavy atom. The molecule has 2 aromatic heterocycles. The summed E-state index contributed by atoms with van der Waals surface area (Å²) in [4.78, 5) is 12.3. The first-order valence-corrected chi connectivity index (χ1v) is 8.92. The minimum absolute atomic E-state index is 0.184. The number of aromatic amines is 1. The summed E-state index contributed by atoms with van der Waals surface area (Å²) in [6.07, 6.45) is 2.91. The van der Waals surface area contributed by atoms with Crippen molar-refractivity contribution in [2.24, 2.45) is 0 Å². The van der Waals surface area contributed by atoms with E-state index in [2.05, 4.69) is 19.8 Å². The van der Waals surface area contributed by atoms with Crippen molar-refractivity contribution >= 4 is 28.3 Å². The van der Waals surface area contributed by atoms with Crippen LogP contribution in [0.15, 0.2) is 42.6 Å². The normalized spacial score (nSPS) is 15.8. The summed E-state index contributed by atoms with van der Waals surface area (Å²) in [7, 11) is 0. The van der Waals surface area contributed by atoms with E-state index in [-0.39, 0.29) is 5.82 Å². The Balaban J connectivity index is 1.35. The first kappa shape index (κ1) is 16.4. The van der Waals surface area contributed by atoms with Crippen molar-refractivity contribution in [3.63, 3.8) is 0 Å². The number of halogens is 2. The summed E-state index contributed by atoms with van der Waals surface area (Å²) in [6, 6.07) is 10.6. The Labute approximate surface area is 151 Å². The molecule has 4 nitrogen and oxygen atoms in total. The third-order valence-electron chi connectivity index (χ3n) is 4.82. The molecule has 1 aliphatic rings. The predicted molar refractivity (Wildman–Crippen MR) is 99.9 cm³/mol. The van der Waals surface area contributed by atoms with E-state index in [9.17, 15) is 4.39 Å². The Kier molecular flexibility index (Phi) is 4.59. The number of hydrogen-bond donors (Lipinski definition) is 1. The number of aromatic nitrogens is 2. The first-order valence-electron chi connectivity index (χ1n) is 8.54. The molecule has 1 aromatic carbocycles. The van der Waals surface area contributed by atoms with Crippen molar-refractivity contribution in [2.75, 3.05) is 37.6 Å². The smallest absolute Gasteiger partial charge is 0.131 e. The van der Waals surface area contributed by atoms with E-state index in [0.717, 1.165) is 55.9 Å². The Morgan fingerprint density at radius 3 is 2.76 bits per heavy atom. The van der Waals surface area contributed by atoms with Gasteiger partial charge in [0.15, 0.2) is 0 Å². The third kappa shape index (κ3) is 3.62. The second-order valence-electron chi connectivity index (χ2n) is 6.40. The number of hydrogen-bond acceptors (Lipinski definition) is 3. The molecule has 3 heterocycles. The van der Waals surface area contributed by atoms with Crippen LogP contribution in [0.5, 0.6) is 0 Å². The third-order valence-corrected chi connectivity index (χ3v) is 5.03. The van der Waals surface area contributed by atoms with Crippen molar-refractivity contribution in [1.82, 2.24) is 14.9 Å². The predicted octanol–water partition coefficient (Wildman–Crippen LogP) is 3.72. The average molecular weight is 359 g/mol. The van der Waals surface area contributed by atoms with Crippen molar-refractivity contribution in [1.29, 1.82) is 0 Å². The number of fused-ring (bicyclic) bond motifs is 1. The van der Waals surface area contributed by atoms with Crippen LogP contribution in [0.4, 0.5) is 10.2 Å². The van der Waals surface area contributed by atoms with Gasteiger partial charge in [0.05, 0.1) is 0 Å². The lowest BCUT2D eigenvalue weighted by atomic mass is 10.1. The molecule has 1 saturated heterocycles. The lowest BCUT2D eigenvalue weighted by Crippen LogP contribution is -2.47. The van der Waals surface area contributed by atoms with Gasteiger partial charge in [0, 0.05) is 49.8 Å². The van der Waals surface area contributed by atoms with Gasteiger partial charge in [-0.15, -0.1) is 0 Å². The van der Waals surface area contributed by atoms with Crippen LogP contribution in [0.3, 0.4) is 0 Å². The van der Waals surface area contributed by atoms with Crippen LogP contribution in [-0.2, 0) is 6.42 Å². The Morgan fingerprint density at radius 2 is 1.96 bits per heavy atom. The summed E-state index contributed by atoms with van der Waals surface area (Å²) in [5, 5.41) is 1.52. The van der Waals surface area contributed by atoms with Crippen LogP contribution >= 0.6 is 11.6 Å². The number of anilines is 1. The minimum atomic E-state index is -0.184. The highest BCUT2D eigenvalue weighted by Crippen LogP contribution is 2.21.